The number of primary amides is 1. The van der Waals surface area contributed by atoms with Gasteiger partial charge in [0, 0.05) is 17.6 Å². The van der Waals surface area contributed by atoms with Crippen LogP contribution in [-0.2, 0) is 11.3 Å². The van der Waals surface area contributed by atoms with Crippen LogP contribution in [0.1, 0.15) is 44.1 Å². The third-order valence-corrected chi connectivity index (χ3v) is 6.33. The molecule has 4 aliphatic carbocycles. The Balaban J connectivity index is 1.50. The number of amides is 1. The molecule has 5 nitrogen and oxygen atoms in total. The quantitative estimate of drug-likeness (QED) is 0.797. The van der Waals surface area contributed by atoms with Crippen molar-refractivity contribution in [2.45, 2.75) is 50.6 Å². The summed E-state index contributed by atoms with van der Waals surface area (Å²) in [6.45, 7) is 0.599. The summed E-state index contributed by atoms with van der Waals surface area (Å²) in [4.78, 5) is 11.1. The van der Waals surface area contributed by atoms with Crippen molar-refractivity contribution in [2.75, 3.05) is 13.7 Å². The molecule has 5 heteroatoms. The lowest BCUT2D eigenvalue weighted by atomic mass is 9.53. The van der Waals surface area contributed by atoms with E-state index < -0.39 is 5.91 Å². The molecule has 4 saturated carbocycles. The molecular weight excluding hydrogens is 316 g/mol. The lowest BCUT2D eigenvalue weighted by Crippen LogP contribution is -2.58. The van der Waals surface area contributed by atoms with Gasteiger partial charge in [0.05, 0.1) is 7.11 Å². The molecule has 1 amide bonds. The van der Waals surface area contributed by atoms with E-state index >= 15 is 0 Å². The molecule has 1 aromatic rings. The fourth-order valence-electron chi connectivity index (χ4n) is 5.78. The van der Waals surface area contributed by atoms with Gasteiger partial charge in [0.1, 0.15) is 0 Å². The fourth-order valence-corrected chi connectivity index (χ4v) is 5.78. The Kier molecular flexibility index (Phi) is 4.36. The number of benzene rings is 1. The topological polar surface area (TPSA) is 73.6 Å². The van der Waals surface area contributed by atoms with Gasteiger partial charge in [-0.2, -0.15) is 0 Å². The summed E-state index contributed by atoms with van der Waals surface area (Å²) in [5.74, 6) is 3.52. The number of methoxy groups -OCH3 is 1. The van der Waals surface area contributed by atoms with Gasteiger partial charge in [-0.15, -0.1) is 0 Å². The number of nitrogens with two attached hydrogens (primary N) is 1. The summed E-state index contributed by atoms with van der Waals surface area (Å²) in [5, 5.41) is 3.87. The number of para-hydroxylation sites is 1. The van der Waals surface area contributed by atoms with Crippen LogP contribution in [0.25, 0.3) is 0 Å². The maximum atomic E-state index is 11.1. The first kappa shape index (κ1) is 16.7. The van der Waals surface area contributed by atoms with Crippen molar-refractivity contribution in [1.29, 1.82) is 0 Å². The van der Waals surface area contributed by atoms with Gasteiger partial charge in [-0.25, -0.2) is 0 Å². The van der Waals surface area contributed by atoms with Crippen molar-refractivity contribution in [1.82, 2.24) is 5.32 Å². The number of rotatable bonds is 7. The third-order valence-electron chi connectivity index (χ3n) is 6.33. The van der Waals surface area contributed by atoms with Crippen LogP contribution in [0.4, 0.5) is 0 Å². The predicted octanol–water partition coefficient (Wildman–Crippen LogP) is 2.62. The van der Waals surface area contributed by atoms with Crippen LogP contribution in [0, 0.1) is 17.8 Å². The van der Waals surface area contributed by atoms with Crippen molar-refractivity contribution in [2.24, 2.45) is 23.5 Å². The van der Waals surface area contributed by atoms with Crippen LogP contribution in [0.3, 0.4) is 0 Å². The van der Waals surface area contributed by atoms with Gasteiger partial charge >= 0.3 is 0 Å². The van der Waals surface area contributed by atoms with Gasteiger partial charge in [0.25, 0.3) is 5.91 Å². The SMILES string of the molecule is COc1cccc(CNC23CC4CC(CC(C4)C2)C3)c1OCC(N)=O. The number of carbonyl (C=O) groups is 1. The molecule has 5 rings (SSSR count). The van der Waals surface area contributed by atoms with Crippen molar-refractivity contribution < 1.29 is 14.3 Å². The van der Waals surface area contributed by atoms with E-state index in [2.05, 4.69) is 5.32 Å². The first-order valence-electron chi connectivity index (χ1n) is 9.39. The van der Waals surface area contributed by atoms with Gasteiger partial charge in [0.2, 0.25) is 0 Å². The van der Waals surface area contributed by atoms with Crippen LogP contribution < -0.4 is 20.5 Å². The molecule has 3 N–H and O–H groups in total. The van der Waals surface area contributed by atoms with E-state index in [9.17, 15) is 4.79 Å². The number of carbonyl (C=O) groups excluding carboxylic acids is 1. The van der Waals surface area contributed by atoms with Crippen LogP contribution in [0.15, 0.2) is 18.2 Å². The van der Waals surface area contributed by atoms with Crippen molar-refractivity contribution >= 4 is 5.91 Å². The van der Waals surface area contributed by atoms with Gasteiger partial charge in [0.15, 0.2) is 18.1 Å². The van der Waals surface area contributed by atoms with E-state index in [1.807, 2.05) is 18.2 Å². The zero-order chi connectivity index (χ0) is 17.4. The summed E-state index contributed by atoms with van der Waals surface area (Å²) < 4.78 is 11.1. The maximum absolute atomic E-state index is 11.1. The summed E-state index contributed by atoms with van der Waals surface area (Å²) in [7, 11) is 1.61. The van der Waals surface area contributed by atoms with Gasteiger partial charge in [-0.05, 0) is 62.3 Å². The van der Waals surface area contributed by atoms with Gasteiger partial charge in [-0.1, -0.05) is 12.1 Å². The standard InChI is InChI=1S/C20H28N2O3/c1-24-17-4-2-3-16(19(17)25-12-18(21)23)11-22-20-8-13-5-14(9-20)7-15(6-13)10-20/h2-4,13-15,22H,5-12H2,1H3,(H2,21,23). The molecule has 0 saturated heterocycles. The second kappa shape index (κ2) is 6.52. The lowest BCUT2D eigenvalue weighted by Gasteiger charge is -2.57. The second-order valence-electron chi connectivity index (χ2n) is 8.25. The Bertz CT molecular complexity index is 623. The highest BCUT2D eigenvalue weighted by molar-refractivity contribution is 5.75. The number of hydrogen-bond donors (Lipinski definition) is 2. The molecule has 0 radical (unpaired) electrons. The average molecular weight is 344 g/mol. The van der Waals surface area contributed by atoms with E-state index in [1.165, 1.54) is 38.5 Å². The van der Waals surface area contributed by atoms with Crippen LogP contribution >= 0.6 is 0 Å². The first-order chi connectivity index (χ1) is 12.1. The van der Waals surface area contributed by atoms with E-state index in [0.717, 1.165) is 29.9 Å². The van der Waals surface area contributed by atoms with Crippen LogP contribution in [0.2, 0.25) is 0 Å². The van der Waals surface area contributed by atoms with Gasteiger partial charge < -0.3 is 20.5 Å². The van der Waals surface area contributed by atoms with Gasteiger partial charge in [-0.3, -0.25) is 4.79 Å². The predicted molar refractivity (Wildman–Crippen MR) is 95.4 cm³/mol. The average Bonchev–Trinajstić information content (AvgIpc) is 2.57. The van der Waals surface area contributed by atoms with Crippen LogP contribution in [0.5, 0.6) is 11.5 Å². The summed E-state index contributed by atoms with van der Waals surface area (Å²) in [5.41, 5.74) is 6.55. The highest BCUT2D eigenvalue weighted by atomic mass is 16.5. The van der Waals surface area contributed by atoms with Crippen molar-refractivity contribution in [3.8, 4) is 11.5 Å². The maximum Gasteiger partial charge on any atom is 0.255 e. The zero-order valence-electron chi connectivity index (χ0n) is 14.9. The molecule has 0 heterocycles. The molecule has 0 aromatic heterocycles. The molecule has 25 heavy (non-hydrogen) atoms. The fraction of sp³-hybridized carbons (Fsp3) is 0.650. The molecule has 4 aliphatic rings. The number of nitrogens with one attached hydrogen (secondary N) is 1. The molecular formula is C20H28N2O3. The normalized spacial score (nSPS) is 32.6. The molecule has 0 unspecified atom stereocenters. The molecule has 0 atom stereocenters. The Morgan fingerprint density at radius 3 is 2.40 bits per heavy atom. The lowest BCUT2D eigenvalue weighted by molar-refractivity contribution is -0.120. The number of ether oxygens (including phenoxy) is 2. The molecule has 1 aromatic carbocycles. The minimum atomic E-state index is -0.481. The minimum Gasteiger partial charge on any atom is -0.493 e. The Labute approximate surface area is 149 Å². The molecule has 136 valence electrons. The molecule has 4 bridgehead atoms. The second-order valence-corrected chi connectivity index (χ2v) is 8.25. The van der Waals surface area contributed by atoms with E-state index in [1.54, 1.807) is 7.11 Å². The number of hydrogen-bond acceptors (Lipinski definition) is 4. The smallest absolute Gasteiger partial charge is 0.255 e. The Morgan fingerprint density at radius 1 is 1.20 bits per heavy atom. The van der Waals surface area contributed by atoms with Crippen molar-refractivity contribution in [3.05, 3.63) is 23.8 Å². The summed E-state index contributed by atoms with van der Waals surface area (Å²) in [6.07, 6.45) is 8.23. The first-order valence-corrected chi connectivity index (χ1v) is 9.39. The molecule has 0 spiro atoms. The summed E-state index contributed by atoms with van der Waals surface area (Å²) >= 11 is 0. The largest absolute Gasteiger partial charge is 0.493 e. The van der Waals surface area contributed by atoms with E-state index in [4.69, 9.17) is 15.2 Å². The highest BCUT2D eigenvalue weighted by Gasteiger charge is 2.50. The Hall–Kier alpha value is -1.75. The monoisotopic (exact) mass is 344 g/mol. The third kappa shape index (κ3) is 3.34. The van der Waals surface area contributed by atoms with E-state index in [-0.39, 0.29) is 6.61 Å². The Morgan fingerprint density at radius 2 is 1.84 bits per heavy atom. The molecule has 0 aliphatic heterocycles. The van der Waals surface area contributed by atoms with Crippen molar-refractivity contribution in [3.63, 3.8) is 0 Å². The zero-order valence-corrected chi connectivity index (χ0v) is 14.9. The van der Waals surface area contributed by atoms with E-state index in [0.29, 0.717) is 17.0 Å². The highest BCUT2D eigenvalue weighted by Crippen LogP contribution is 2.55. The molecule has 4 fully saturated rings. The minimum absolute atomic E-state index is 0.134. The van der Waals surface area contributed by atoms with Crippen LogP contribution in [-0.4, -0.2) is 25.2 Å². The summed E-state index contributed by atoms with van der Waals surface area (Å²) in [6, 6.07) is 5.85.